The molecular weight excluding hydrogens is 224 g/mol. The van der Waals surface area contributed by atoms with Crippen LogP contribution in [0.15, 0.2) is 10.2 Å². The number of hydrogen-bond donors (Lipinski definition) is 0. The van der Waals surface area contributed by atoms with Crippen molar-refractivity contribution >= 4 is 5.69 Å². The lowest BCUT2D eigenvalue weighted by atomic mass is 10.2. The predicted octanol–water partition coefficient (Wildman–Crippen LogP) is 4.04. The van der Waals surface area contributed by atoms with E-state index in [-0.39, 0.29) is 6.04 Å². The summed E-state index contributed by atoms with van der Waals surface area (Å²) in [7, 11) is 0. The van der Waals surface area contributed by atoms with Crippen LogP contribution in [0.5, 0.6) is 0 Å². The van der Waals surface area contributed by atoms with Crippen molar-refractivity contribution in [1.82, 2.24) is 0 Å². The van der Waals surface area contributed by atoms with Crippen molar-refractivity contribution in [3.63, 3.8) is 0 Å². The van der Waals surface area contributed by atoms with Crippen LogP contribution >= 0.6 is 0 Å². The van der Waals surface area contributed by atoms with Gasteiger partial charge in [0.1, 0.15) is 0 Å². The number of halogens is 4. The van der Waals surface area contributed by atoms with Crippen LogP contribution in [0.25, 0.3) is 0 Å². The average Bonchev–Trinajstić information content (AvgIpc) is 2.23. The van der Waals surface area contributed by atoms with Crippen LogP contribution in [-0.4, -0.2) is 6.04 Å². The van der Waals surface area contributed by atoms with E-state index in [2.05, 4.69) is 10.2 Å². The summed E-state index contributed by atoms with van der Waals surface area (Å²) in [4.78, 5) is 0. The van der Waals surface area contributed by atoms with Gasteiger partial charge in [0, 0.05) is 5.56 Å². The summed E-state index contributed by atoms with van der Waals surface area (Å²) >= 11 is 0. The Balaban J connectivity index is 3.40. The fourth-order valence-electron chi connectivity index (χ4n) is 0.991. The molecule has 0 bridgehead atoms. The molecule has 2 nitrogen and oxygen atoms in total. The van der Waals surface area contributed by atoms with E-state index < -0.39 is 34.5 Å². The molecule has 0 amide bonds. The van der Waals surface area contributed by atoms with Crippen LogP contribution in [0.2, 0.25) is 0 Å². The quantitative estimate of drug-likeness (QED) is 0.419. The third kappa shape index (κ3) is 2.20. The summed E-state index contributed by atoms with van der Waals surface area (Å²) in [6.45, 7) is 4.17. The second-order valence-electron chi connectivity index (χ2n) is 3.54. The summed E-state index contributed by atoms with van der Waals surface area (Å²) in [5, 5.41) is 6.60. The van der Waals surface area contributed by atoms with E-state index in [1.807, 2.05) is 0 Å². The molecule has 0 saturated carbocycles. The Labute approximate surface area is 90.0 Å². The normalized spacial score (nSPS) is 11.8. The third-order valence-corrected chi connectivity index (χ3v) is 1.85. The van der Waals surface area contributed by atoms with E-state index in [0.29, 0.717) is 0 Å². The lowest BCUT2D eigenvalue weighted by Gasteiger charge is -2.05. The van der Waals surface area contributed by atoms with E-state index in [9.17, 15) is 17.6 Å². The number of nitrogens with zero attached hydrogens (tertiary/aromatic N) is 2. The minimum absolute atomic E-state index is 0.328. The molecule has 6 heteroatoms. The lowest BCUT2D eigenvalue weighted by molar-refractivity contribution is 0.447. The lowest BCUT2D eigenvalue weighted by Crippen LogP contribution is -1.99. The van der Waals surface area contributed by atoms with Crippen molar-refractivity contribution in [3.8, 4) is 0 Å². The highest BCUT2D eigenvalue weighted by molar-refractivity contribution is 5.43. The van der Waals surface area contributed by atoms with Gasteiger partial charge in [-0.15, -0.1) is 5.11 Å². The first kappa shape index (κ1) is 12.6. The van der Waals surface area contributed by atoms with Gasteiger partial charge in [-0.05, 0) is 20.8 Å². The molecule has 0 atom stereocenters. The highest BCUT2D eigenvalue weighted by atomic mass is 19.2. The minimum atomic E-state index is -1.53. The maximum Gasteiger partial charge on any atom is 0.189 e. The Morgan fingerprint density at radius 1 is 0.875 bits per heavy atom. The zero-order valence-electron chi connectivity index (χ0n) is 8.98. The van der Waals surface area contributed by atoms with E-state index in [0.717, 1.165) is 6.92 Å². The van der Waals surface area contributed by atoms with Crippen LogP contribution < -0.4 is 0 Å². The number of rotatable bonds is 2. The summed E-state index contributed by atoms with van der Waals surface area (Å²) in [5.74, 6) is -5.95. The molecule has 1 rings (SSSR count). The van der Waals surface area contributed by atoms with Gasteiger partial charge < -0.3 is 0 Å². The molecule has 0 fully saturated rings. The van der Waals surface area contributed by atoms with Gasteiger partial charge in [-0.25, -0.2) is 17.6 Å². The van der Waals surface area contributed by atoms with Gasteiger partial charge in [0.25, 0.3) is 0 Å². The highest BCUT2D eigenvalue weighted by Crippen LogP contribution is 2.30. The molecule has 88 valence electrons. The minimum Gasteiger partial charge on any atom is -0.203 e. The van der Waals surface area contributed by atoms with E-state index in [1.165, 1.54) is 0 Å². The van der Waals surface area contributed by atoms with Gasteiger partial charge >= 0.3 is 0 Å². The van der Waals surface area contributed by atoms with Crippen molar-refractivity contribution in [1.29, 1.82) is 0 Å². The molecule has 0 aliphatic rings. The third-order valence-electron chi connectivity index (χ3n) is 1.85. The number of azo groups is 1. The Kier molecular flexibility index (Phi) is 3.62. The first-order chi connectivity index (χ1) is 7.36. The topological polar surface area (TPSA) is 24.7 Å². The van der Waals surface area contributed by atoms with Crippen molar-refractivity contribution in [2.75, 3.05) is 0 Å². The second-order valence-corrected chi connectivity index (χ2v) is 3.54. The van der Waals surface area contributed by atoms with Crippen molar-refractivity contribution in [2.45, 2.75) is 26.8 Å². The molecule has 0 saturated heterocycles. The molecule has 0 N–H and O–H groups in total. The summed E-state index contributed by atoms with van der Waals surface area (Å²) in [6.07, 6.45) is 0. The molecule has 0 radical (unpaired) electrons. The highest BCUT2D eigenvalue weighted by Gasteiger charge is 2.23. The summed E-state index contributed by atoms with van der Waals surface area (Å²) in [5.41, 5.74) is -1.74. The fourth-order valence-corrected chi connectivity index (χ4v) is 0.991. The summed E-state index contributed by atoms with van der Waals surface area (Å²) < 4.78 is 52.6. The smallest absolute Gasteiger partial charge is 0.189 e. The molecule has 0 aliphatic carbocycles. The van der Waals surface area contributed by atoms with Crippen LogP contribution in [0.4, 0.5) is 23.2 Å². The van der Waals surface area contributed by atoms with Gasteiger partial charge in [0.2, 0.25) is 0 Å². The standard InChI is InChI=1S/C10H10F4N2/c1-4(2)15-16-10-8(13)6(11)5(3)7(12)9(10)14/h4H,1-3H3. The van der Waals surface area contributed by atoms with Gasteiger partial charge in [-0.2, -0.15) is 5.11 Å². The molecule has 16 heavy (non-hydrogen) atoms. The molecular formula is C10H10F4N2. The van der Waals surface area contributed by atoms with E-state index in [4.69, 9.17) is 0 Å². The van der Waals surface area contributed by atoms with Crippen LogP contribution in [0.1, 0.15) is 19.4 Å². The van der Waals surface area contributed by atoms with E-state index >= 15 is 0 Å². The molecule has 0 aliphatic heterocycles. The maximum absolute atomic E-state index is 13.2. The Morgan fingerprint density at radius 3 is 1.69 bits per heavy atom. The molecule has 1 aromatic rings. The van der Waals surface area contributed by atoms with Crippen LogP contribution in [0, 0.1) is 30.2 Å². The first-order valence-electron chi connectivity index (χ1n) is 4.59. The Morgan fingerprint density at radius 2 is 1.31 bits per heavy atom. The molecule has 1 aromatic carbocycles. The van der Waals surface area contributed by atoms with Crippen LogP contribution in [0.3, 0.4) is 0 Å². The zero-order chi connectivity index (χ0) is 12.5. The molecule has 0 unspecified atom stereocenters. The summed E-state index contributed by atoms with van der Waals surface area (Å²) in [6, 6.07) is -0.328. The second kappa shape index (κ2) is 4.59. The first-order valence-corrected chi connectivity index (χ1v) is 4.59. The van der Waals surface area contributed by atoms with Gasteiger partial charge in [0.15, 0.2) is 29.0 Å². The average molecular weight is 234 g/mol. The number of benzene rings is 1. The van der Waals surface area contributed by atoms with Gasteiger partial charge in [0.05, 0.1) is 6.04 Å². The van der Waals surface area contributed by atoms with Gasteiger partial charge in [-0.1, -0.05) is 0 Å². The zero-order valence-corrected chi connectivity index (χ0v) is 8.98. The largest absolute Gasteiger partial charge is 0.203 e. The maximum atomic E-state index is 13.2. The van der Waals surface area contributed by atoms with E-state index in [1.54, 1.807) is 13.8 Å². The Hall–Kier alpha value is -1.46. The van der Waals surface area contributed by atoms with Crippen molar-refractivity contribution < 1.29 is 17.6 Å². The van der Waals surface area contributed by atoms with Crippen LogP contribution in [-0.2, 0) is 0 Å². The molecule has 0 aromatic heterocycles. The fraction of sp³-hybridized carbons (Fsp3) is 0.400. The number of hydrogen-bond acceptors (Lipinski definition) is 2. The monoisotopic (exact) mass is 234 g/mol. The SMILES string of the molecule is Cc1c(F)c(F)c(N=NC(C)C)c(F)c1F. The van der Waals surface area contributed by atoms with Gasteiger partial charge in [-0.3, -0.25) is 0 Å². The molecule has 0 heterocycles. The predicted molar refractivity (Wildman–Crippen MR) is 50.7 cm³/mol. The van der Waals surface area contributed by atoms with Crippen molar-refractivity contribution in [2.24, 2.45) is 10.2 Å². The Bertz CT molecular complexity index is 412. The van der Waals surface area contributed by atoms with Crippen molar-refractivity contribution in [3.05, 3.63) is 28.8 Å². The molecule has 0 spiro atoms.